The number of amides is 1. The number of hydrogen-bond donors (Lipinski definition) is 0. The Morgan fingerprint density at radius 1 is 1.27 bits per heavy atom. The molecule has 5 heteroatoms. The SMILES string of the molecule is COc1cccc(CC(=O)N2CCC(C3OCCO3)CC2)c1. The van der Waals surface area contributed by atoms with E-state index in [0.29, 0.717) is 25.6 Å². The number of ether oxygens (including phenoxy) is 3. The second-order valence-corrected chi connectivity index (χ2v) is 5.86. The van der Waals surface area contributed by atoms with Crippen LogP contribution in [0.1, 0.15) is 18.4 Å². The predicted octanol–water partition coefficient (Wildman–Crippen LogP) is 1.85. The summed E-state index contributed by atoms with van der Waals surface area (Å²) in [6.07, 6.45) is 2.28. The molecule has 0 unspecified atom stereocenters. The quantitative estimate of drug-likeness (QED) is 0.852. The average Bonchev–Trinajstić information content (AvgIpc) is 3.09. The van der Waals surface area contributed by atoms with E-state index in [1.54, 1.807) is 7.11 Å². The Bertz CT molecular complexity index is 505. The fourth-order valence-corrected chi connectivity index (χ4v) is 3.14. The molecule has 3 rings (SSSR count). The Morgan fingerprint density at radius 2 is 2.00 bits per heavy atom. The Balaban J connectivity index is 1.51. The zero-order chi connectivity index (χ0) is 15.4. The molecule has 1 amide bonds. The van der Waals surface area contributed by atoms with Crippen molar-refractivity contribution in [3.8, 4) is 5.75 Å². The highest BCUT2D eigenvalue weighted by molar-refractivity contribution is 5.79. The Hall–Kier alpha value is -1.59. The summed E-state index contributed by atoms with van der Waals surface area (Å²) < 4.78 is 16.3. The van der Waals surface area contributed by atoms with Crippen molar-refractivity contribution in [1.82, 2.24) is 4.90 Å². The van der Waals surface area contributed by atoms with Crippen LogP contribution in [0.5, 0.6) is 5.75 Å². The lowest BCUT2D eigenvalue weighted by Gasteiger charge is -2.34. The third kappa shape index (κ3) is 3.59. The number of likely N-dealkylation sites (tertiary alicyclic amines) is 1. The van der Waals surface area contributed by atoms with Crippen molar-refractivity contribution in [3.05, 3.63) is 29.8 Å². The van der Waals surface area contributed by atoms with E-state index in [-0.39, 0.29) is 12.2 Å². The van der Waals surface area contributed by atoms with E-state index < -0.39 is 0 Å². The van der Waals surface area contributed by atoms with Crippen LogP contribution in [-0.4, -0.2) is 50.5 Å². The molecule has 120 valence electrons. The van der Waals surface area contributed by atoms with E-state index in [1.165, 1.54) is 0 Å². The average molecular weight is 305 g/mol. The first-order chi connectivity index (χ1) is 10.8. The maximum Gasteiger partial charge on any atom is 0.226 e. The summed E-state index contributed by atoms with van der Waals surface area (Å²) in [6.45, 7) is 2.96. The molecule has 2 saturated heterocycles. The highest BCUT2D eigenvalue weighted by Gasteiger charge is 2.31. The summed E-state index contributed by atoms with van der Waals surface area (Å²) in [4.78, 5) is 14.4. The summed E-state index contributed by atoms with van der Waals surface area (Å²) in [5.41, 5.74) is 0.994. The number of carbonyl (C=O) groups excluding carboxylic acids is 1. The first-order valence-corrected chi connectivity index (χ1v) is 7.90. The van der Waals surface area contributed by atoms with Crippen molar-refractivity contribution < 1.29 is 19.0 Å². The van der Waals surface area contributed by atoms with Gasteiger partial charge in [0, 0.05) is 19.0 Å². The van der Waals surface area contributed by atoms with Gasteiger partial charge in [0.1, 0.15) is 5.75 Å². The highest BCUT2D eigenvalue weighted by atomic mass is 16.7. The maximum atomic E-state index is 12.4. The summed E-state index contributed by atoms with van der Waals surface area (Å²) in [6, 6.07) is 7.70. The van der Waals surface area contributed by atoms with Crippen LogP contribution in [0, 0.1) is 5.92 Å². The monoisotopic (exact) mass is 305 g/mol. The minimum absolute atomic E-state index is 0.0596. The van der Waals surface area contributed by atoms with Crippen molar-refractivity contribution in [2.45, 2.75) is 25.6 Å². The minimum Gasteiger partial charge on any atom is -0.497 e. The minimum atomic E-state index is -0.0596. The van der Waals surface area contributed by atoms with Crippen LogP contribution in [0.3, 0.4) is 0 Å². The number of methoxy groups -OCH3 is 1. The van der Waals surface area contributed by atoms with E-state index in [1.807, 2.05) is 29.2 Å². The molecule has 0 saturated carbocycles. The zero-order valence-electron chi connectivity index (χ0n) is 13.0. The highest BCUT2D eigenvalue weighted by Crippen LogP contribution is 2.26. The van der Waals surface area contributed by atoms with Gasteiger partial charge < -0.3 is 19.1 Å². The number of benzene rings is 1. The first kappa shape index (κ1) is 15.3. The third-order valence-corrected chi connectivity index (χ3v) is 4.41. The molecule has 2 fully saturated rings. The predicted molar refractivity (Wildman–Crippen MR) is 81.7 cm³/mol. The normalized spacial score (nSPS) is 20.3. The van der Waals surface area contributed by atoms with E-state index in [0.717, 1.165) is 37.2 Å². The summed E-state index contributed by atoms with van der Waals surface area (Å²) in [5.74, 6) is 1.39. The van der Waals surface area contributed by atoms with Gasteiger partial charge in [-0.1, -0.05) is 12.1 Å². The Kier molecular flexibility index (Phi) is 4.95. The fraction of sp³-hybridized carbons (Fsp3) is 0.588. The van der Waals surface area contributed by atoms with Gasteiger partial charge in [-0.25, -0.2) is 0 Å². The molecule has 1 aromatic carbocycles. The van der Waals surface area contributed by atoms with E-state index in [9.17, 15) is 4.79 Å². The molecular formula is C17H23NO4. The van der Waals surface area contributed by atoms with Gasteiger partial charge >= 0.3 is 0 Å². The molecule has 22 heavy (non-hydrogen) atoms. The van der Waals surface area contributed by atoms with Crippen LogP contribution < -0.4 is 4.74 Å². The summed E-state index contributed by atoms with van der Waals surface area (Å²) in [5, 5.41) is 0. The van der Waals surface area contributed by atoms with Gasteiger partial charge in [-0.3, -0.25) is 4.79 Å². The van der Waals surface area contributed by atoms with E-state index in [2.05, 4.69) is 0 Å². The van der Waals surface area contributed by atoms with Crippen LogP contribution in [-0.2, 0) is 20.7 Å². The van der Waals surface area contributed by atoms with E-state index in [4.69, 9.17) is 14.2 Å². The molecule has 2 aliphatic rings. The van der Waals surface area contributed by atoms with Crippen LogP contribution in [0.4, 0.5) is 0 Å². The lowest BCUT2D eigenvalue weighted by molar-refractivity contribution is -0.136. The molecule has 0 radical (unpaired) electrons. The van der Waals surface area contributed by atoms with Crippen LogP contribution in [0.25, 0.3) is 0 Å². The van der Waals surface area contributed by atoms with Crippen LogP contribution in [0.15, 0.2) is 24.3 Å². The smallest absolute Gasteiger partial charge is 0.226 e. The van der Waals surface area contributed by atoms with Gasteiger partial charge in [-0.2, -0.15) is 0 Å². The molecular weight excluding hydrogens is 282 g/mol. The van der Waals surface area contributed by atoms with Gasteiger partial charge in [0.2, 0.25) is 5.91 Å². The molecule has 0 aliphatic carbocycles. The second-order valence-electron chi connectivity index (χ2n) is 5.86. The van der Waals surface area contributed by atoms with Crippen molar-refractivity contribution >= 4 is 5.91 Å². The van der Waals surface area contributed by atoms with Gasteiger partial charge in [-0.15, -0.1) is 0 Å². The molecule has 5 nitrogen and oxygen atoms in total. The van der Waals surface area contributed by atoms with Crippen molar-refractivity contribution in [1.29, 1.82) is 0 Å². The lowest BCUT2D eigenvalue weighted by Crippen LogP contribution is -2.42. The van der Waals surface area contributed by atoms with Crippen molar-refractivity contribution in [2.75, 3.05) is 33.4 Å². The molecule has 2 aliphatic heterocycles. The molecule has 0 bridgehead atoms. The number of rotatable bonds is 4. The fourth-order valence-electron chi connectivity index (χ4n) is 3.14. The van der Waals surface area contributed by atoms with Gasteiger partial charge in [0.15, 0.2) is 6.29 Å². The summed E-state index contributed by atoms with van der Waals surface area (Å²) in [7, 11) is 1.64. The molecule has 0 N–H and O–H groups in total. The zero-order valence-corrected chi connectivity index (χ0v) is 13.0. The van der Waals surface area contributed by atoms with Gasteiger partial charge in [0.25, 0.3) is 0 Å². The topological polar surface area (TPSA) is 48.0 Å². The molecule has 1 aromatic rings. The van der Waals surface area contributed by atoms with Crippen LogP contribution >= 0.6 is 0 Å². The van der Waals surface area contributed by atoms with Crippen LogP contribution in [0.2, 0.25) is 0 Å². The lowest BCUT2D eigenvalue weighted by atomic mass is 9.95. The molecule has 2 heterocycles. The molecule has 0 atom stereocenters. The number of carbonyl (C=O) groups is 1. The first-order valence-electron chi connectivity index (χ1n) is 7.90. The summed E-state index contributed by atoms with van der Waals surface area (Å²) >= 11 is 0. The number of hydrogen-bond acceptors (Lipinski definition) is 4. The largest absolute Gasteiger partial charge is 0.497 e. The third-order valence-electron chi connectivity index (χ3n) is 4.41. The number of piperidine rings is 1. The van der Waals surface area contributed by atoms with Gasteiger partial charge in [0.05, 0.1) is 26.7 Å². The van der Waals surface area contributed by atoms with Crippen molar-refractivity contribution in [3.63, 3.8) is 0 Å². The number of nitrogens with zero attached hydrogens (tertiary/aromatic N) is 1. The van der Waals surface area contributed by atoms with E-state index >= 15 is 0 Å². The Morgan fingerprint density at radius 3 is 2.68 bits per heavy atom. The molecule has 0 aromatic heterocycles. The Labute approximate surface area is 131 Å². The molecule has 0 spiro atoms. The maximum absolute atomic E-state index is 12.4. The second kappa shape index (κ2) is 7.11. The van der Waals surface area contributed by atoms with Gasteiger partial charge in [-0.05, 0) is 30.5 Å². The standard InChI is InChI=1S/C17H23NO4/c1-20-15-4-2-3-13(11-15)12-16(19)18-7-5-14(6-8-18)17-21-9-10-22-17/h2-4,11,14,17H,5-10,12H2,1H3. The van der Waals surface area contributed by atoms with Crippen molar-refractivity contribution in [2.24, 2.45) is 5.92 Å².